The summed E-state index contributed by atoms with van der Waals surface area (Å²) in [5.41, 5.74) is 2.04. The Labute approximate surface area is 214 Å². The average Bonchev–Trinajstić information content (AvgIpc) is 2.79. The van der Waals surface area contributed by atoms with Gasteiger partial charge in [-0.1, -0.05) is 6.07 Å². The van der Waals surface area contributed by atoms with Crippen molar-refractivity contribution in [3.63, 3.8) is 0 Å². The zero-order valence-electron chi connectivity index (χ0n) is 20.7. The van der Waals surface area contributed by atoms with Crippen LogP contribution in [0.4, 0.5) is 13.2 Å². The second kappa shape index (κ2) is 10.4. The van der Waals surface area contributed by atoms with Gasteiger partial charge < -0.3 is 14.5 Å². The van der Waals surface area contributed by atoms with Crippen molar-refractivity contribution in [2.75, 3.05) is 31.6 Å². The third-order valence-corrected chi connectivity index (χ3v) is 7.78. The molecule has 0 radical (unpaired) electrons. The Morgan fingerprint density at radius 1 is 1.05 bits per heavy atom. The number of hydrogen-bond acceptors (Lipinski definition) is 5. The first-order chi connectivity index (χ1) is 17.3. The third-order valence-electron chi connectivity index (χ3n) is 6.83. The highest BCUT2D eigenvalue weighted by atomic mass is 32.2. The fourth-order valence-electron chi connectivity index (χ4n) is 4.72. The summed E-state index contributed by atoms with van der Waals surface area (Å²) in [5.74, 6) is 0.455. The van der Waals surface area contributed by atoms with Crippen molar-refractivity contribution >= 4 is 21.7 Å². The number of hydrogen-bond donors (Lipinski definition) is 0. The molecule has 2 aliphatic heterocycles. The molecule has 7 nitrogen and oxygen atoms in total. The number of likely N-dealkylation sites (tertiary alicyclic amines) is 1. The first-order valence-corrected chi connectivity index (χ1v) is 14.1. The van der Waals surface area contributed by atoms with E-state index in [0.717, 1.165) is 35.1 Å². The van der Waals surface area contributed by atoms with E-state index in [1.807, 2.05) is 6.07 Å². The Morgan fingerprint density at radius 2 is 1.73 bits per heavy atom. The first kappa shape index (κ1) is 27.0. The van der Waals surface area contributed by atoms with Gasteiger partial charge in [0.25, 0.3) is 0 Å². The number of fused-ring (bicyclic) bond motifs is 1. The lowest BCUT2D eigenvalue weighted by Crippen LogP contribution is -2.50. The summed E-state index contributed by atoms with van der Waals surface area (Å²) < 4.78 is 68.0. The largest absolute Gasteiger partial charge is 0.457 e. The van der Waals surface area contributed by atoms with Crippen LogP contribution in [-0.2, 0) is 45.0 Å². The van der Waals surface area contributed by atoms with E-state index < -0.39 is 21.6 Å². The average molecular weight is 539 g/mol. The van der Waals surface area contributed by atoms with Crippen molar-refractivity contribution < 1.29 is 35.9 Å². The highest BCUT2D eigenvalue weighted by Crippen LogP contribution is 2.37. The third kappa shape index (κ3) is 6.63. The van der Waals surface area contributed by atoms with E-state index >= 15 is 0 Å². The summed E-state index contributed by atoms with van der Waals surface area (Å²) in [5, 5.41) is 0. The maximum absolute atomic E-state index is 13.0. The van der Waals surface area contributed by atoms with Crippen LogP contribution in [0, 0.1) is 5.92 Å². The molecule has 0 unspecified atom stereocenters. The molecule has 2 amide bonds. The van der Waals surface area contributed by atoms with Gasteiger partial charge in [0.1, 0.15) is 21.3 Å². The molecule has 2 aromatic rings. The van der Waals surface area contributed by atoms with Crippen LogP contribution in [-0.4, -0.2) is 61.7 Å². The Hall–Kier alpha value is -3.08. The number of rotatable bonds is 7. The van der Waals surface area contributed by atoms with Crippen LogP contribution in [0.3, 0.4) is 0 Å². The molecule has 200 valence electrons. The van der Waals surface area contributed by atoms with Crippen molar-refractivity contribution in [3.05, 3.63) is 58.7 Å². The molecule has 0 aliphatic carbocycles. The highest BCUT2D eigenvalue weighted by Gasteiger charge is 2.33. The van der Waals surface area contributed by atoms with Crippen molar-refractivity contribution in [3.8, 4) is 11.5 Å². The number of alkyl halides is 3. The molecule has 0 bridgehead atoms. The highest BCUT2D eigenvalue weighted by molar-refractivity contribution is 7.90. The summed E-state index contributed by atoms with van der Waals surface area (Å²) in [6, 6.07) is 8.17. The summed E-state index contributed by atoms with van der Waals surface area (Å²) in [6.45, 7) is 3.46. The zero-order valence-corrected chi connectivity index (χ0v) is 21.5. The van der Waals surface area contributed by atoms with Gasteiger partial charge in [0.15, 0.2) is 0 Å². The minimum absolute atomic E-state index is 0.00443. The summed E-state index contributed by atoms with van der Waals surface area (Å²) in [4.78, 5) is 27.8. The molecule has 2 aliphatic rings. The van der Waals surface area contributed by atoms with Crippen molar-refractivity contribution in [1.82, 2.24) is 9.80 Å². The van der Waals surface area contributed by atoms with Crippen LogP contribution in [0.2, 0.25) is 0 Å². The van der Waals surface area contributed by atoms with Crippen LogP contribution < -0.4 is 4.74 Å². The standard InChI is InChI=1S/C26H29F3N2O5S/c1-17(32)31-14-18(15-31)13-22-23-16-30(25(33)10-12-37(2,34)35)11-9-19(23)3-8-24(22)36-21-6-4-20(5-7-21)26(27,28)29/h3-8,18H,9-16H2,1-2H3. The summed E-state index contributed by atoms with van der Waals surface area (Å²) in [7, 11) is -3.27. The lowest BCUT2D eigenvalue weighted by molar-refractivity contribution is -0.137. The van der Waals surface area contributed by atoms with Crippen LogP contribution in [0.25, 0.3) is 0 Å². The van der Waals surface area contributed by atoms with Crippen molar-refractivity contribution in [2.24, 2.45) is 5.92 Å². The van der Waals surface area contributed by atoms with Gasteiger partial charge in [0.2, 0.25) is 11.8 Å². The molecule has 2 heterocycles. The number of amides is 2. The van der Waals surface area contributed by atoms with Gasteiger partial charge in [-0.15, -0.1) is 0 Å². The van der Waals surface area contributed by atoms with E-state index in [0.29, 0.717) is 44.8 Å². The number of sulfone groups is 1. The monoisotopic (exact) mass is 538 g/mol. The second-order valence-electron chi connectivity index (χ2n) is 9.74. The van der Waals surface area contributed by atoms with Gasteiger partial charge in [-0.05, 0) is 60.2 Å². The van der Waals surface area contributed by atoms with E-state index in [4.69, 9.17) is 4.74 Å². The molecule has 0 saturated carbocycles. The number of halogens is 3. The molecule has 2 aromatic carbocycles. The van der Waals surface area contributed by atoms with E-state index in [2.05, 4.69) is 0 Å². The maximum atomic E-state index is 13.0. The van der Waals surface area contributed by atoms with E-state index in [1.165, 1.54) is 19.1 Å². The fraction of sp³-hybridized carbons (Fsp3) is 0.462. The summed E-state index contributed by atoms with van der Waals surface area (Å²) >= 11 is 0. The molecule has 37 heavy (non-hydrogen) atoms. The van der Waals surface area contributed by atoms with Crippen molar-refractivity contribution in [2.45, 2.75) is 38.9 Å². The van der Waals surface area contributed by atoms with Gasteiger partial charge in [0.05, 0.1) is 11.3 Å². The molecular formula is C26H29F3N2O5S. The molecule has 1 fully saturated rings. The van der Waals surface area contributed by atoms with Crippen LogP contribution >= 0.6 is 0 Å². The van der Waals surface area contributed by atoms with Gasteiger partial charge in [0, 0.05) is 51.3 Å². The quantitative estimate of drug-likeness (QED) is 0.535. The molecule has 4 rings (SSSR count). The molecular weight excluding hydrogens is 509 g/mol. The van der Waals surface area contributed by atoms with E-state index in [1.54, 1.807) is 15.9 Å². The second-order valence-corrected chi connectivity index (χ2v) is 12.0. The summed E-state index contributed by atoms with van der Waals surface area (Å²) in [6.07, 6.45) is -2.28. The number of ether oxygens (including phenoxy) is 1. The van der Waals surface area contributed by atoms with Gasteiger partial charge >= 0.3 is 6.18 Å². The predicted molar refractivity (Wildman–Crippen MR) is 131 cm³/mol. The zero-order chi connectivity index (χ0) is 27.0. The molecule has 0 spiro atoms. The maximum Gasteiger partial charge on any atom is 0.416 e. The Bertz CT molecular complexity index is 1290. The number of carbonyl (C=O) groups is 2. The van der Waals surface area contributed by atoms with Gasteiger partial charge in [-0.2, -0.15) is 13.2 Å². The van der Waals surface area contributed by atoms with Crippen LogP contribution in [0.5, 0.6) is 11.5 Å². The Kier molecular flexibility index (Phi) is 7.55. The van der Waals surface area contributed by atoms with Gasteiger partial charge in [-0.25, -0.2) is 8.42 Å². The SMILES string of the molecule is CC(=O)N1CC(Cc2c(Oc3ccc(C(F)(F)F)cc3)ccc3c2CN(C(=O)CCS(C)(=O)=O)CC3)C1. The van der Waals surface area contributed by atoms with E-state index in [9.17, 15) is 31.2 Å². The lowest BCUT2D eigenvalue weighted by Gasteiger charge is -2.40. The van der Waals surface area contributed by atoms with Crippen LogP contribution in [0.1, 0.15) is 35.6 Å². The van der Waals surface area contributed by atoms with Crippen LogP contribution in [0.15, 0.2) is 36.4 Å². The predicted octanol–water partition coefficient (Wildman–Crippen LogP) is 3.84. The minimum atomic E-state index is -4.45. The fourth-order valence-corrected chi connectivity index (χ4v) is 5.27. The number of benzene rings is 2. The lowest BCUT2D eigenvalue weighted by atomic mass is 9.85. The molecule has 1 saturated heterocycles. The minimum Gasteiger partial charge on any atom is -0.457 e. The molecule has 0 N–H and O–H groups in total. The van der Waals surface area contributed by atoms with E-state index in [-0.39, 0.29) is 35.7 Å². The smallest absolute Gasteiger partial charge is 0.416 e. The topological polar surface area (TPSA) is 84.0 Å². The number of carbonyl (C=O) groups excluding carboxylic acids is 2. The van der Waals surface area contributed by atoms with Gasteiger partial charge in [-0.3, -0.25) is 9.59 Å². The normalized spacial score (nSPS) is 16.2. The molecule has 0 aromatic heterocycles. The Morgan fingerprint density at radius 3 is 2.32 bits per heavy atom. The molecule has 0 atom stereocenters. The first-order valence-electron chi connectivity index (χ1n) is 12.0. The van der Waals surface area contributed by atoms with Crippen molar-refractivity contribution in [1.29, 1.82) is 0 Å². The molecule has 11 heteroatoms. The Balaban J connectivity index is 1.60. The number of nitrogens with zero attached hydrogens (tertiary/aromatic N) is 2.